The molecule has 3 aromatic carbocycles. The lowest BCUT2D eigenvalue weighted by Gasteiger charge is -2.13. The Morgan fingerprint density at radius 3 is 2.41 bits per heavy atom. The topological polar surface area (TPSA) is 89.0 Å². The zero-order valence-electron chi connectivity index (χ0n) is 19.2. The fourth-order valence-corrected chi connectivity index (χ4v) is 3.31. The summed E-state index contributed by atoms with van der Waals surface area (Å²) in [6.45, 7) is 2.38. The highest BCUT2D eigenvalue weighted by molar-refractivity contribution is 6.41. The molecule has 0 aliphatic heterocycles. The van der Waals surface area contributed by atoms with E-state index in [0.29, 0.717) is 34.8 Å². The van der Waals surface area contributed by atoms with Crippen molar-refractivity contribution in [2.45, 2.75) is 19.7 Å². The first-order valence-corrected chi connectivity index (χ1v) is 11.5. The van der Waals surface area contributed by atoms with Gasteiger partial charge >= 0.3 is 18.0 Å². The molecule has 194 valence electrons. The summed E-state index contributed by atoms with van der Waals surface area (Å²) in [5, 5.41) is 6.14. The van der Waals surface area contributed by atoms with Crippen LogP contribution in [0.1, 0.15) is 23.6 Å². The highest BCUT2D eigenvalue weighted by Gasteiger charge is 2.31. The number of nitrogens with zero attached hydrogens (tertiary/aromatic N) is 1. The molecular formula is C25H20Cl2F3N3O4. The molecule has 0 heterocycles. The van der Waals surface area contributed by atoms with Crippen LogP contribution in [0.15, 0.2) is 65.8 Å². The number of hydrogen-bond donors (Lipinski definition) is 2. The normalized spacial score (nSPS) is 11.3. The van der Waals surface area contributed by atoms with Crippen LogP contribution in [0.4, 0.5) is 18.9 Å². The van der Waals surface area contributed by atoms with E-state index >= 15 is 0 Å². The first kappa shape index (κ1) is 27.8. The number of rotatable bonds is 8. The number of nitrogens with one attached hydrogen (secondary N) is 2. The van der Waals surface area contributed by atoms with Crippen molar-refractivity contribution >= 4 is 46.9 Å². The summed E-state index contributed by atoms with van der Waals surface area (Å²) >= 11 is 12.0. The number of anilines is 1. The van der Waals surface area contributed by atoms with Crippen LogP contribution in [0.5, 0.6) is 11.5 Å². The molecule has 0 bridgehead atoms. The molecule has 0 atom stereocenters. The van der Waals surface area contributed by atoms with Crippen molar-refractivity contribution in [3.05, 3.63) is 87.4 Å². The first-order chi connectivity index (χ1) is 17.6. The van der Waals surface area contributed by atoms with E-state index in [-0.39, 0.29) is 17.3 Å². The quantitative estimate of drug-likeness (QED) is 0.201. The molecule has 0 saturated carbocycles. The molecule has 0 aliphatic carbocycles. The molecule has 2 amide bonds. The molecule has 0 saturated heterocycles. The van der Waals surface area contributed by atoms with E-state index in [9.17, 15) is 22.8 Å². The van der Waals surface area contributed by atoms with Crippen LogP contribution in [0.25, 0.3) is 0 Å². The lowest BCUT2D eigenvalue weighted by molar-refractivity contribution is -0.137. The SMILES string of the molecule is CCOc1cc(/C=N/NC(=O)C(=O)Nc2cc(C(F)(F)F)ccc2Cl)ccc1OCc1ccccc1Cl. The lowest BCUT2D eigenvalue weighted by atomic mass is 10.2. The summed E-state index contributed by atoms with van der Waals surface area (Å²) in [6.07, 6.45) is -3.39. The summed E-state index contributed by atoms with van der Waals surface area (Å²) in [4.78, 5) is 24.1. The molecule has 0 fully saturated rings. The molecule has 7 nitrogen and oxygen atoms in total. The molecule has 0 unspecified atom stereocenters. The maximum absolute atomic E-state index is 12.9. The third kappa shape index (κ3) is 7.86. The van der Waals surface area contributed by atoms with Crippen LogP contribution in [-0.4, -0.2) is 24.6 Å². The van der Waals surface area contributed by atoms with Gasteiger partial charge in [0.05, 0.1) is 29.1 Å². The monoisotopic (exact) mass is 553 g/mol. The third-order valence-electron chi connectivity index (χ3n) is 4.74. The van der Waals surface area contributed by atoms with E-state index in [1.807, 2.05) is 28.9 Å². The lowest BCUT2D eigenvalue weighted by Crippen LogP contribution is -2.32. The number of benzene rings is 3. The van der Waals surface area contributed by atoms with Crippen molar-refractivity contribution < 1.29 is 32.2 Å². The second-order valence-corrected chi connectivity index (χ2v) is 8.18. The van der Waals surface area contributed by atoms with Crippen LogP contribution < -0.4 is 20.2 Å². The number of ether oxygens (including phenoxy) is 2. The molecule has 12 heteroatoms. The van der Waals surface area contributed by atoms with Gasteiger partial charge in [-0.2, -0.15) is 18.3 Å². The van der Waals surface area contributed by atoms with Crippen LogP contribution in [0, 0.1) is 0 Å². The zero-order chi connectivity index (χ0) is 27.0. The molecule has 37 heavy (non-hydrogen) atoms. The Morgan fingerprint density at radius 2 is 1.70 bits per heavy atom. The highest BCUT2D eigenvalue weighted by Crippen LogP contribution is 2.34. The maximum Gasteiger partial charge on any atom is 0.416 e. The Labute approximate surface area is 220 Å². The van der Waals surface area contributed by atoms with E-state index in [1.54, 1.807) is 31.2 Å². The summed E-state index contributed by atoms with van der Waals surface area (Å²) in [7, 11) is 0. The van der Waals surface area contributed by atoms with E-state index in [1.165, 1.54) is 6.21 Å². The van der Waals surface area contributed by atoms with Gasteiger partial charge in [-0.3, -0.25) is 9.59 Å². The van der Waals surface area contributed by atoms with Gasteiger partial charge in [0, 0.05) is 10.6 Å². The van der Waals surface area contributed by atoms with Crippen molar-refractivity contribution in [1.29, 1.82) is 0 Å². The Hall–Kier alpha value is -3.76. The molecule has 0 aliphatic rings. The molecule has 0 spiro atoms. The van der Waals surface area contributed by atoms with Gasteiger partial charge in [0.25, 0.3) is 0 Å². The number of hydrogen-bond acceptors (Lipinski definition) is 5. The number of amides is 2. The van der Waals surface area contributed by atoms with E-state index in [4.69, 9.17) is 32.7 Å². The van der Waals surface area contributed by atoms with Crippen LogP contribution in [-0.2, 0) is 22.4 Å². The van der Waals surface area contributed by atoms with Gasteiger partial charge in [0.1, 0.15) is 6.61 Å². The molecule has 0 aromatic heterocycles. The predicted octanol–water partition coefficient (Wildman–Crippen LogP) is 6.08. The van der Waals surface area contributed by atoms with Gasteiger partial charge < -0.3 is 14.8 Å². The Kier molecular flexibility index (Phi) is 9.37. The zero-order valence-corrected chi connectivity index (χ0v) is 20.7. The van der Waals surface area contributed by atoms with Gasteiger partial charge in [-0.1, -0.05) is 41.4 Å². The standard InChI is InChI=1S/C25H20Cl2F3N3O4/c1-2-36-22-11-15(7-10-21(22)37-14-16-5-3-4-6-18(16)26)13-31-33-24(35)23(34)32-20-12-17(25(28,29)30)8-9-19(20)27/h3-13H,2,14H2,1H3,(H,32,34)(H,33,35)/b31-13+. The number of carbonyl (C=O) groups excluding carboxylic acids is 2. The fraction of sp³-hybridized carbons (Fsp3) is 0.160. The van der Waals surface area contributed by atoms with Gasteiger partial charge in [-0.05, 0) is 55.0 Å². The second-order valence-electron chi connectivity index (χ2n) is 7.36. The minimum atomic E-state index is -4.65. The summed E-state index contributed by atoms with van der Waals surface area (Å²) in [6, 6.07) is 14.5. The summed E-state index contributed by atoms with van der Waals surface area (Å²) in [5.74, 6) is -1.59. The van der Waals surface area contributed by atoms with Gasteiger partial charge in [-0.15, -0.1) is 0 Å². The average Bonchev–Trinajstić information content (AvgIpc) is 2.85. The van der Waals surface area contributed by atoms with Crippen molar-refractivity contribution in [1.82, 2.24) is 5.43 Å². The number of alkyl halides is 3. The molecule has 3 aromatic rings. The first-order valence-electron chi connectivity index (χ1n) is 10.7. The van der Waals surface area contributed by atoms with Crippen molar-refractivity contribution in [2.24, 2.45) is 5.10 Å². The summed E-state index contributed by atoms with van der Waals surface area (Å²) in [5.41, 5.74) is 1.91. The van der Waals surface area contributed by atoms with Crippen LogP contribution in [0.3, 0.4) is 0 Å². The molecule has 0 radical (unpaired) electrons. The number of hydrazone groups is 1. The Balaban J connectivity index is 1.63. The van der Waals surface area contributed by atoms with Gasteiger partial charge in [-0.25, -0.2) is 5.43 Å². The Morgan fingerprint density at radius 1 is 0.946 bits per heavy atom. The van der Waals surface area contributed by atoms with Gasteiger partial charge in [0.15, 0.2) is 11.5 Å². The maximum atomic E-state index is 12.9. The van der Waals surface area contributed by atoms with Gasteiger partial charge in [0.2, 0.25) is 0 Å². The van der Waals surface area contributed by atoms with E-state index in [2.05, 4.69) is 5.10 Å². The van der Waals surface area contributed by atoms with Crippen LogP contribution in [0.2, 0.25) is 10.0 Å². The molecule has 2 N–H and O–H groups in total. The fourth-order valence-electron chi connectivity index (χ4n) is 2.96. The van der Waals surface area contributed by atoms with Crippen molar-refractivity contribution in [3.63, 3.8) is 0 Å². The smallest absolute Gasteiger partial charge is 0.416 e. The van der Waals surface area contributed by atoms with Crippen LogP contribution >= 0.6 is 23.2 Å². The molecular weight excluding hydrogens is 534 g/mol. The third-order valence-corrected chi connectivity index (χ3v) is 5.43. The second kappa shape index (κ2) is 12.5. The van der Waals surface area contributed by atoms with E-state index in [0.717, 1.165) is 17.7 Å². The Bertz CT molecular complexity index is 1320. The molecule has 3 rings (SSSR count). The van der Waals surface area contributed by atoms with Crippen molar-refractivity contribution in [2.75, 3.05) is 11.9 Å². The minimum absolute atomic E-state index is 0.169. The highest BCUT2D eigenvalue weighted by atomic mass is 35.5. The number of carbonyl (C=O) groups is 2. The number of halogens is 5. The minimum Gasteiger partial charge on any atom is -0.490 e. The van der Waals surface area contributed by atoms with E-state index < -0.39 is 23.6 Å². The average molecular weight is 554 g/mol. The largest absolute Gasteiger partial charge is 0.490 e. The van der Waals surface area contributed by atoms with Crippen molar-refractivity contribution in [3.8, 4) is 11.5 Å². The predicted molar refractivity (Wildman–Crippen MR) is 134 cm³/mol. The summed E-state index contributed by atoms with van der Waals surface area (Å²) < 4.78 is 50.1.